The van der Waals surface area contributed by atoms with E-state index in [-0.39, 0.29) is 44.5 Å². The van der Waals surface area contributed by atoms with Gasteiger partial charge in [0.2, 0.25) is 28.5 Å². The minimum absolute atomic E-state index is 0.0192. The molecule has 0 N–H and O–H groups in total. The second-order valence-electron chi connectivity index (χ2n) is 26.3. The van der Waals surface area contributed by atoms with E-state index in [1.165, 1.54) is 84.0 Å². The van der Waals surface area contributed by atoms with Crippen LogP contribution in [-0.2, 0) is 41.6 Å². The van der Waals surface area contributed by atoms with Gasteiger partial charge in [0.1, 0.15) is 35.2 Å². The Morgan fingerprint density at radius 2 is 0.698 bits per heavy atom. The molecular weight excluding hydrogens is 1160 g/mol. The highest BCUT2D eigenvalue weighted by Gasteiger charge is 2.22. The van der Waals surface area contributed by atoms with Gasteiger partial charge in [-0.1, -0.05) is 140 Å². The molecule has 0 aliphatic rings. The topological polar surface area (TPSA) is 19.4 Å². The van der Waals surface area contributed by atoms with E-state index in [0.717, 1.165) is 55.9 Å². The normalized spacial score (nSPS) is 18.4. The molecule has 2 unspecified atom stereocenters. The fourth-order valence-corrected chi connectivity index (χ4v) is 11.7. The minimum Gasteiger partial charge on any atom is -0.201 e. The van der Waals surface area contributed by atoms with E-state index in [1.807, 2.05) is 70.5 Å². The quantitative estimate of drug-likeness (QED) is 0.115. The second-order valence-corrected chi connectivity index (χ2v) is 26.3. The number of hydrogen-bond acceptors (Lipinski definition) is 0. The lowest BCUT2D eigenvalue weighted by Gasteiger charge is -2.13. The Kier molecular flexibility index (Phi) is 15.4. The summed E-state index contributed by atoms with van der Waals surface area (Å²) in [6.07, 6.45) is 6.42. The van der Waals surface area contributed by atoms with E-state index in [1.54, 1.807) is 137 Å². The number of benzene rings is 5. The van der Waals surface area contributed by atoms with Crippen molar-refractivity contribution in [3.63, 3.8) is 0 Å². The van der Waals surface area contributed by atoms with Crippen molar-refractivity contribution in [3.05, 3.63) is 264 Å². The predicted molar refractivity (Wildman–Crippen MR) is 411 cm³/mol. The first kappa shape index (κ1) is 43.9. The Morgan fingerprint density at radius 3 is 1.12 bits per heavy atom. The summed E-state index contributed by atoms with van der Waals surface area (Å²) in [6, 6.07) is 36.0. The number of pyridine rings is 5. The van der Waals surface area contributed by atoms with Gasteiger partial charge in [-0.05, 0) is 242 Å². The van der Waals surface area contributed by atoms with Crippen molar-refractivity contribution in [2.75, 3.05) is 0 Å². The van der Waals surface area contributed by atoms with E-state index in [2.05, 4.69) is 69.8 Å². The molecule has 0 saturated carbocycles. The molecule has 0 fully saturated rings. The fraction of sp³-hybridized carbons (Fsp3) is 0.396. The monoisotopic (exact) mass is 1320 g/mol. The molecule has 5 heteroatoms. The number of hydrogen-bond donors (Lipinski definition) is 0. The van der Waals surface area contributed by atoms with Gasteiger partial charge < -0.3 is 0 Å². The maximum Gasteiger partial charge on any atom is 0.212 e. The zero-order valence-corrected chi connectivity index (χ0v) is 60.7. The van der Waals surface area contributed by atoms with Crippen LogP contribution in [0.15, 0.2) is 152 Å². The number of rotatable bonds is 11. The molecule has 5 aromatic heterocycles. The van der Waals surface area contributed by atoms with E-state index >= 15 is 0 Å². The molecule has 2 atom stereocenters. The van der Waals surface area contributed by atoms with E-state index in [9.17, 15) is 0 Å². The Balaban J connectivity index is 0.000000245. The van der Waals surface area contributed by atoms with Crippen LogP contribution in [0.3, 0.4) is 0 Å². The molecule has 0 radical (unpaired) electrons. The zero-order chi connectivity index (χ0) is 97.0. The molecule has 0 spiro atoms. The van der Waals surface area contributed by atoms with Crippen LogP contribution in [0.2, 0.25) is 0 Å². The smallest absolute Gasteiger partial charge is 0.201 e. The molecule has 10 aromatic rings. The van der Waals surface area contributed by atoms with Gasteiger partial charge in [-0.15, -0.1) is 0 Å². The largest absolute Gasteiger partial charge is 0.212 e. The highest BCUT2D eigenvalue weighted by molar-refractivity contribution is 5.67. The van der Waals surface area contributed by atoms with Crippen molar-refractivity contribution in [2.45, 2.75) is 202 Å². The molecule has 0 aliphatic carbocycles. The first-order chi connectivity index (χ1) is 56.7. The predicted octanol–water partition coefficient (Wildman–Crippen LogP) is 21.2. The Hall–Kier alpha value is -8.15. The first-order valence-electron chi connectivity index (χ1n) is 47.4. The van der Waals surface area contributed by atoms with Crippen molar-refractivity contribution >= 4 is 0 Å². The van der Waals surface area contributed by atoms with Gasteiger partial charge in [-0.3, -0.25) is 0 Å². The Morgan fingerprint density at radius 1 is 0.302 bits per heavy atom. The van der Waals surface area contributed by atoms with Crippen LogP contribution in [0.5, 0.6) is 0 Å². The summed E-state index contributed by atoms with van der Waals surface area (Å²) in [5.74, 6) is -5.97. The van der Waals surface area contributed by atoms with Crippen molar-refractivity contribution in [1.82, 2.24) is 0 Å². The van der Waals surface area contributed by atoms with Crippen LogP contribution in [-0.4, -0.2) is 0 Å². The summed E-state index contributed by atoms with van der Waals surface area (Å²) in [5, 5.41) is 0. The third kappa shape index (κ3) is 19.8. The third-order valence-electron chi connectivity index (χ3n) is 17.1. The first-order valence-corrected chi connectivity index (χ1v) is 32.4. The van der Waals surface area contributed by atoms with Gasteiger partial charge in [0.05, 0.1) is 0 Å². The highest BCUT2D eigenvalue weighted by Crippen LogP contribution is 2.32. The van der Waals surface area contributed by atoms with Gasteiger partial charge in [0, 0.05) is 127 Å². The van der Waals surface area contributed by atoms with Crippen molar-refractivity contribution in [2.24, 2.45) is 41.2 Å². The highest BCUT2D eigenvalue weighted by atomic mass is 14.9. The van der Waals surface area contributed by atoms with Crippen molar-refractivity contribution in [3.8, 4) is 56.3 Å². The van der Waals surface area contributed by atoms with Crippen LogP contribution in [0, 0.1) is 109 Å². The summed E-state index contributed by atoms with van der Waals surface area (Å²) < 4.78 is 244. The van der Waals surface area contributed by atoms with Gasteiger partial charge >= 0.3 is 0 Å². The zero-order valence-electron chi connectivity index (χ0n) is 90.7. The summed E-state index contributed by atoms with van der Waals surface area (Å²) >= 11 is 0. The van der Waals surface area contributed by atoms with Crippen LogP contribution in [0.1, 0.15) is 245 Å². The maximum atomic E-state index is 8.48. The molecule has 0 bridgehead atoms. The molecule has 0 saturated heterocycles. The maximum absolute atomic E-state index is 8.48. The van der Waals surface area contributed by atoms with Gasteiger partial charge in [-0.25, -0.2) is 22.8 Å². The molecule has 10 rings (SSSR count). The van der Waals surface area contributed by atoms with Gasteiger partial charge in [-0.2, -0.15) is 0 Å². The molecule has 5 nitrogen and oxygen atoms in total. The molecule has 5 heterocycles. The minimum atomic E-state index is -2.75. The van der Waals surface area contributed by atoms with Gasteiger partial charge in [0.15, 0.2) is 31.0 Å². The van der Waals surface area contributed by atoms with Crippen LogP contribution < -0.4 is 22.8 Å². The SMILES string of the molecule is Cc1ccc(-c2cc(C)c(C)cc2C)[n+](C)c1.[2H]C(C)(C)c1ccc(-c2cc(C)c(C([2H])(C)C([2H])([2H])[2H])c[n+]2C)c(C)c1.[2H]C([2H])([2H])c1ccc(-c2cc(C([2H])(C)C([2H])([2H])[2H])c(C([2H])([2H])[2H])c[n+]2C)c(C)c1.[2H]C([2H])([2H])c1ccc(-c2cc(C([2H])(C)C)c(C([2H])([2H])[2H])c[n+]2C)c(C)c1.[2H]C([2H])([2H])c1ccc(-c2cc(C([2H])([2H])C(C)C)c(C([2H])([2H])[2H])c[n+]2C)c(C)c1. The molecule has 0 aliphatic heterocycles. The number of nitrogens with zero attached hydrogens (tertiary/aromatic N) is 5. The molecular formula is C91H122N5+5. The molecule has 506 valence electrons. The van der Waals surface area contributed by atoms with E-state index in [0.29, 0.717) is 33.6 Å². The average molecular weight is 1320 g/mol. The lowest BCUT2D eigenvalue weighted by Crippen LogP contribution is -2.32. The summed E-state index contributed by atoms with van der Waals surface area (Å²) in [6.45, 7) is 11.8. The van der Waals surface area contributed by atoms with Crippen LogP contribution >= 0.6 is 0 Å². The molecule has 0 amide bonds. The number of aromatic nitrogens is 5. The Labute approximate surface area is 625 Å². The number of aryl methyl sites for hydroxylation is 20. The Bertz CT molecular complexity index is 5620. The summed E-state index contributed by atoms with van der Waals surface area (Å²) in [4.78, 5) is 0. The van der Waals surface area contributed by atoms with Crippen molar-refractivity contribution in [1.29, 1.82) is 0 Å². The summed E-state index contributed by atoms with van der Waals surface area (Å²) in [7, 11) is 9.06. The lowest BCUT2D eigenvalue weighted by molar-refractivity contribution is -0.661. The van der Waals surface area contributed by atoms with E-state index in [4.69, 9.17) is 41.1 Å². The van der Waals surface area contributed by atoms with Crippen LogP contribution in [0.4, 0.5) is 0 Å². The van der Waals surface area contributed by atoms with Crippen molar-refractivity contribution < 1.29 is 64.0 Å². The standard InChI is InChI=1S/C20H28N.C19H26N.2C18H24N.C16H20N/c1-13(2)17-8-9-18(15(5)10-17)20-11-16(6)19(14(3)4)12-21(20)7;1-13(2)9-17-11-19(20(6)12-16(17)5)18-8-7-14(3)10-15(18)4;2*1-12(2)17-10-18(19(6)11-15(17)5)16-8-7-13(3)9-14(16)4;1-11-6-7-16(17(5)10-11)15-9-13(3)12(2)8-14(15)4/h8-14H,1-7H3;7-8,10-13H,9H2,1-6H3;2*7-12H,1-6H3;6-10H,1-5H3/q5*+1/i3D3,13D,14D;3D3,5D3,9D2;1D3,3D3,5D3,12D;3D3,5D3,12D;. The second kappa shape index (κ2) is 33.7. The molecule has 96 heavy (non-hydrogen) atoms. The summed E-state index contributed by atoms with van der Waals surface area (Å²) in [5.41, 5.74) is 20.5. The van der Waals surface area contributed by atoms with Crippen LogP contribution in [0.25, 0.3) is 56.3 Å². The fourth-order valence-electron chi connectivity index (χ4n) is 11.7. The van der Waals surface area contributed by atoms with Gasteiger partial charge in [0.25, 0.3) is 0 Å². The third-order valence-corrected chi connectivity index (χ3v) is 17.1. The average Bonchev–Trinajstić information content (AvgIpc) is 0.770. The lowest BCUT2D eigenvalue weighted by atomic mass is 9.94. The molecule has 5 aromatic carbocycles. The van der Waals surface area contributed by atoms with E-state index < -0.39 is 90.7 Å².